The fraction of sp³-hybridized carbons (Fsp3) is 0.333. The van der Waals surface area contributed by atoms with E-state index in [9.17, 15) is 0 Å². The van der Waals surface area contributed by atoms with Gasteiger partial charge in [0, 0.05) is 6.54 Å². The molecule has 0 fully saturated rings. The van der Waals surface area contributed by atoms with Gasteiger partial charge in [0.05, 0.1) is 0 Å². The molecule has 0 radical (unpaired) electrons. The van der Waals surface area contributed by atoms with Crippen molar-refractivity contribution < 1.29 is 4.74 Å². The van der Waals surface area contributed by atoms with Gasteiger partial charge in [0.15, 0.2) is 0 Å². The second-order valence-electron chi connectivity index (χ2n) is 3.20. The highest BCUT2D eigenvalue weighted by molar-refractivity contribution is 5.33. The monoisotopic (exact) mass is 191 g/mol. The van der Waals surface area contributed by atoms with E-state index in [0.29, 0.717) is 13.2 Å². The summed E-state index contributed by atoms with van der Waals surface area (Å²) in [5.41, 5.74) is 7.56. The van der Waals surface area contributed by atoms with Gasteiger partial charge in [-0.3, -0.25) is 0 Å². The van der Waals surface area contributed by atoms with Crippen molar-refractivity contribution in [2.24, 2.45) is 5.73 Å². The van der Waals surface area contributed by atoms with Gasteiger partial charge < -0.3 is 10.5 Å². The van der Waals surface area contributed by atoms with Crippen LogP contribution < -0.4 is 10.5 Å². The standard InChI is InChI=1S/C12H17NO/c1-3-11-6-4-5-7-12(11)14-9-10(2)8-13/h4-7H,2-3,8-9,13H2,1H3. The molecule has 14 heavy (non-hydrogen) atoms. The minimum Gasteiger partial charge on any atom is -0.489 e. The molecule has 0 spiro atoms. The minimum absolute atomic E-state index is 0.480. The van der Waals surface area contributed by atoms with Gasteiger partial charge in [-0.25, -0.2) is 0 Å². The summed E-state index contributed by atoms with van der Waals surface area (Å²) >= 11 is 0. The molecular formula is C12H17NO. The van der Waals surface area contributed by atoms with E-state index in [-0.39, 0.29) is 0 Å². The van der Waals surface area contributed by atoms with Crippen LogP contribution in [-0.2, 0) is 6.42 Å². The maximum atomic E-state index is 5.60. The highest BCUT2D eigenvalue weighted by atomic mass is 16.5. The largest absolute Gasteiger partial charge is 0.489 e. The zero-order valence-corrected chi connectivity index (χ0v) is 8.62. The molecular weight excluding hydrogens is 174 g/mol. The van der Waals surface area contributed by atoms with Crippen molar-refractivity contribution in [1.82, 2.24) is 0 Å². The molecule has 0 aromatic heterocycles. The van der Waals surface area contributed by atoms with Crippen LogP contribution in [0.1, 0.15) is 12.5 Å². The molecule has 0 atom stereocenters. The second-order valence-corrected chi connectivity index (χ2v) is 3.20. The van der Waals surface area contributed by atoms with Gasteiger partial charge in [-0.05, 0) is 23.6 Å². The molecule has 2 heteroatoms. The van der Waals surface area contributed by atoms with Gasteiger partial charge in [0.1, 0.15) is 12.4 Å². The van der Waals surface area contributed by atoms with E-state index < -0.39 is 0 Å². The summed E-state index contributed by atoms with van der Waals surface area (Å²) in [4.78, 5) is 0. The Hall–Kier alpha value is -1.28. The molecule has 76 valence electrons. The van der Waals surface area contributed by atoms with Gasteiger partial charge in [-0.1, -0.05) is 31.7 Å². The van der Waals surface area contributed by atoms with Crippen LogP contribution in [0.3, 0.4) is 0 Å². The zero-order chi connectivity index (χ0) is 10.4. The Labute approximate surface area is 85.4 Å². The summed E-state index contributed by atoms with van der Waals surface area (Å²) in [5.74, 6) is 0.935. The summed E-state index contributed by atoms with van der Waals surface area (Å²) in [6.45, 7) is 6.89. The molecule has 0 bridgehead atoms. The van der Waals surface area contributed by atoms with Gasteiger partial charge in [-0.2, -0.15) is 0 Å². The Kier molecular flexibility index (Phi) is 4.20. The van der Waals surface area contributed by atoms with Gasteiger partial charge in [0.2, 0.25) is 0 Å². The van der Waals surface area contributed by atoms with Crippen LogP contribution in [0.15, 0.2) is 36.4 Å². The molecule has 1 aromatic rings. The van der Waals surface area contributed by atoms with Gasteiger partial charge >= 0.3 is 0 Å². The molecule has 0 heterocycles. The lowest BCUT2D eigenvalue weighted by Crippen LogP contribution is -2.10. The molecule has 0 aliphatic heterocycles. The first-order valence-corrected chi connectivity index (χ1v) is 4.85. The van der Waals surface area contributed by atoms with Crippen LogP contribution in [-0.4, -0.2) is 13.2 Å². The van der Waals surface area contributed by atoms with E-state index in [4.69, 9.17) is 10.5 Å². The number of hydrogen-bond donors (Lipinski definition) is 1. The van der Waals surface area contributed by atoms with E-state index in [1.54, 1.807) is 0 Å². The number of para-hydroxylation sites is 1. The topological polar surface area (TPSA) is 35.2 Å². The number of ether oxygens (including phenoxy) is 1. The first-order chi connectivity index (χ1) is 6.77. The predicted octanol–water partition coefficient (Wildman–Crippen LogP) is 2.14. The van der Waals surface area contributed by atoms with Gasteiger partial charge in [-0.15, -0.1) is 0 Å². The fourth-order valence-electron chi connectivity index (χ4n) is 1.18. The van der Waals surface area contributed by atoms with E-state index in [0.717, 1.165) is 17.7 Å². The Morgan fingerprint density at radius 2 is 2.14 bits per heavy atom. The molecule has 2 N–H and O–H groups in total. The van der Waals surface area contributed by atoms with Crippen molar-refractivity contribution in [3.8, 4) is 5.75 Å². The number of hydrogen-bond acceptors (Lipinski definition) is 2. The van der Waals surface area contributed by atoms with Crippen molar-refractivity contribution in [2.45, 2.75) is 13.3 Å². The first kappa shape index (κ1) is 10.8. The lowest BCUT2D eigenvalue weighted by Gasteiger charge is -2.10. The zero-order valence-electron chi connectivity index (χ0n) is 8.62. The van der Waals surface area contributed by atoms with Crippen molar-refractivity contribution in [3.05, 3.63) is 42.0 Å². The molecule has 0 unspecified atom stereocenters. The molecule has 0 amide bonds. The lowest BCUT2D eigenvalue weighted by atomic mass is 10.1. The van der Waals surface area contributed by atoms with Crippen LogP contribution in [0.2, 0.25) is 0 Å². The van der Waals surface area contributed by atoms with Crippen molar-refractivity contribution in [2.75, 3.05) is 13.2 Å². The Balaban J connectivity index is 2.61. The first-order valence-electron chi connectivity index (χ1n) is 4.85. The molecule has 0 saturated carbocycles. The number of aryl methyl sites for hydroxylation is 1. The third kappa shape index (κ3) is 2.89. The maximum absolute atomic E-state index is 5.60. The number of rotatable bonds is 5. The SMILES string of the molecule is C=C(CN)COc1ccccc1CC. The average molecular weight is 191 g/mol. The van der Waals surface area contributed by atoms with Crippen molar-refractivity contribution in [3.63, 3.8) is 0 Å². The highest BCUT2D eigenvalue weighted by Crippen LogP contribution is 2.18. The third-order valence-electron chi connectivity index (χ3n) is 2.07. The Bertz CT molecular complexity index is 307. The quantitative estimate of drug-likeness (QED) is 0.724. The normalized spacial score (nSPS) is 9.86. The molecule has 1 aromatic carbocycles. The summed E-state index contributed by atoms with van der Waals surface area (Å²) < 4.78 is 5.60. The number of nitrogens with two attached hydrogens (primary N) is 1. The van der Waals surface area contributed by atoms with Crippen molar-refractivity contribution >= 4 is 0 Å². The summed E-state index contributed by atoms with van der Waals surface area (Å²) in [5, 5.41) is 0. The molecule has 1 rings (SSSR count). The average Bonchev–Trinajstić information content (AvgIpc) is 2.26. The third-order valence-corrected chi connectivity index (χ3v) is 2.07. The van der Waals surface area contributed by atoms with Gasteiger partial charge in [0.25, 0.3) is 0 Å². The minimum atomic E-state index is 0.480. The Morgan fingerprint density at radius 1 is 1.43 bits per heavy atom. The van der Waals surface area contributed by atoms with E-state index in [1.807, 2.05) is 18.2 Å². The van der Waals surface area contributed by atoms with Crippen LogP contribution >= 0.6 is 0 Å². The lowest BCUT2D eigenvalue weighted by molar-refractivity contribution is 0.347. The smallest absolute Gasteiger partial charge is 0.122 e. The molecule has 0 saturated heterocycles. The number of benzene rings is 1. The van der Waals surface area contributed by atoms with Crippen molar-refractivity contribution in [1.29, 1.82) is 0 Å². The fourth-order valence-corrected chi connectivity index (χ4v) is 1.18. The summed E-state index contributed by atoms with van der Waals surface area (Å²) in [7, 11) is 0. The predicted molar refractivity (Wildman–Crippen MR) is 59.5 cm³/mol. The summed E-state index contributed by atoms with van der Waals surface area (Å²) in [6.07, 6.45) is 0.977. The molecule has 0 aliphatic carbocycles. The van der Waals surface area contributed by atoms with Crippen LogP contribution in [0.5, 0.6) is 5.75 Å². The van der Waals surface area contributed by atoms with Crippen LogP contribution in [0.4, 0.5) is 0 Å². The molecule has 0 aliphatic rings. The van der Waals surface area contributed by atoms with E-state index >= 15 is 0 Å². The van der Waals surface area contributed by atoms with E-state index in [1.165, 1.54) is 5.56 Å². The summed E-state index contributed by atoms with van der Waals surface area (Å²) in [6, 6.07) is 8.03. The highest BCUT2D eigenvalue weighted by Gasteiger charge is 2.00. The Morgan fingerprint density at radius 3 is 2.79 bits per heavy atom. The maximum Gasteiger partial charge on any atom is 0.122 e. The molecule has 2 nitrogen and oxygen atoms in total. The van der Waals surface area contributed by atoms with Crippen LogP contribution in [0.25, 0.3) is 0 Å². The van der Waals surface area contributed by atoms with Crippen LogP contribution in [0, 0.1) is 0 Å². The second kappa shape index (κ2) is 5.45. The van der Waals surface area contributed by atoms with E-state index in [2.05, 4.69) is 19.6 Å².